The molecule has 0 spiro atoms. The predicted octanol–water partition coefficient (Wildman–Crippen LogP) is 3.76. The second kappa shape index (κ2) is 10.5. The van der Waals surface area contributed by atoms with E-state index in [1.807, 2.05) is 27.7 Å². The summed E-state index contributed by atoms with van der Waals surface area (Å²) >= 11 is 0. The van der Waals surface area contributed by atoms with Crippen LogP contribution in [-0.4, -0.2) is 29.8 Å². The van der Waals surface area contributed by atoms with Crippen LogP contribution in [0.1, 0.15) is 43.6 Å². The zero-order valence-corrected chi connectivity index (χ0v) is 18.9. The molecular formula is C18H26F2IN5O2. The highest BCUT2D eigenvalue weighted by atomic mass is 127. The molecule has 0 amide bonds. The fraction of sp³-hybridized carbons (Fsp3) is 0.500. The number of aliphatic imine (C=N–C) groups is 1. The average Bonchev–Trinajstić information content (AvgIpc) is 3.06. The summed E-state index contributed by atoms with van der Waals surface area (Å²) in [5.74, 6) is 1.66. The average molecular weight is 509 g/mol. The van der Waals surface area contributed by atoms with Crippen LogP contribution < -0.4 is 15.4 Å². The van der Waals surface area contributed by atoms with Crippen molar-refractivity contribution in [2.75, 3.05) is 7.05 Å². The third-order valence-electron chi connectivity index (χ3n) is 3.63. The van der Waals surface area contributed by atoms with Gasteiger partial charge in [0.1, 0.15) is 5.75 Å². The summed E-state index contributed by atoms with van der Waals surface area (Å²) in [5, 5.41) is 10.1. The van der Waals surface area contributed by atoms with Gasteiger partial charge in [0.15, 0.2) is 11.8 Å². The van der Waals surface area contributed by atoms with E-state index in [1.165, 1.54) is 6.07 Å². The summed E-state index contributed by atoms with van der Waals surface area (Å²) in [7, 11) is 1.61. The minimum atomic E-state index is -2.88. The number of halogens is 3. The number of aryl methyl sites for hydroxylation is 1. The van der Waals surface area contributed by atoms with Gasteiger partial charge in [0.05, 0.1) is 6.54 Å². The van der Waals surface area contributed by atoms with Crippen LogP contribution in [0.5, 0.6) is 5.75 Å². The highest BCUT2D eigenvalue weighted by Crippen LogP contribution is 2.22. The Bertz CT molecular complexity index is 791. The molecule has 1 aromatic carbocycles. The number of ether oxygens (including phenoxy) is 1. The first kappa shape index (κ1) is 24.1. The Hall–Kier alpha value is -1.98. The van der Waals surface area contributed by atoms with E-state index in [0.717, 1.165) is 5.56 Å². The van der Waals surface area contributed by atoms with Crippen LogP contribution in [0.15, 0.2) is 27.7 Å². The van der Waals surface area contributed by atoms with Crippen molar-refractivity contribution < 1.29 is 18.0 Å². The molecule has 1 aromatic heterocycles. The van der Waals surface area contributed by atoms with Crippen molar-refractivity contribution in [3.63, 3.8) is 0 Å². The van der Waals surface area contributed by atoms with Gasteiger partial charge in [-0.05, 0) is 13.0 Å². The van der Waals surface area contributed by atoms with E-state index in [-0.39, 0.29) is 41.7 Å². The van der Waals surface area contributed by atoms with Gasteiger partial charge >= 0.3 is 6.61 Å². The molecule has 1 heterocycles. The molecule has 28 heavy (non-hydrogen) atoms. The fourth-order valence-electron chi connectivity index (χ4n) is 2.25. The maximum Gasteiger partial charge on any atom is 0.387 e. The fourth-order valence-corrected chi connectivity index (χ4v) is 2.25. The van der Waals surface area contributed by atoms with E-state index >= 15 is 0 Å². The highest BCUT2D eigenvalue weighted by molar-refractivity contribution is 14.0. The molecule has 7 nitrogen and oxygen atoms in total. The summed E-state index contributed by atoms with van der Waals surface area (Å²) in [6.07, 6.45) is 0. The predicted molar refractivity (Wildman–Crippen MR) is 113 cm³/mol. The zero-order valence-electron chi connectivity index (χ0n) is 16.5. The second-order valence-electron chi connectivity index (χ2n) is 7.03. The molecule has 0 aliphatic rings. The van der Waals surface area contributed by atoms with E-state index in [0.29, 0.717) is 29.8 Å². The number of hydrogen-bond acceptors (Lipinski definition) is 5. The van der Waals surface area contributed by atoms with E-state index in [9.17, 15) is 8.78 Å². The van der Waals surface area contributed by atoms with Gasteiger partial charge in [-0.1, -0.05) is 43.6 Å². The summed E-state index contributed by atoms with van der Waals surface area (Å²) in [4.78, 5) is 8.44. The van der Waals surface area contributed by atoms with Gasteiger partial charge in [0.2, 0.25) is 5.89 Å². The lowest BCUT2D eigenvalue weighted by Gasteiger charge is -2.14. The normalized spacial score (nSPS) is 11.9. The molecule has 0 saturated carbocycles. The third-order valence-corrected chi connectivity index (χ3v) is 3.63. The Morgan fingerprint density at radius 2 is 1.93 bits per heavy atom. The number of benzene rings is 1. The number of rotatable bonds is 6. The van der Waals surface area contributed by atoms with E-state index in [1.54, 1.807) is 19.2 Å². The minimum Gasteiger partial charge on any atom is -0.434 e. The van der Waals surface area contributed by atoms with Gasteiger partial charge in [0.25, 0.3) is 0 Å². The molecule has 0 atom stereocenters. The van der Waals surface area contributed by atoms with Crippen LogP contribution in [-0.2, 0) is 18.5 Å². The Kier molecular flexibility index (Phi) is 9.05. The van der Waals surface area contributed by atoms with Gasteiger partial charge in [-0.3, -0.25) is 4.99 Å². The highest BCUT2D eigenvalue weighted by Gasteiger charge is 2.21. The molecule has 0 unspecified atom stereocenters. The number of guanidine groups is 1. The topological polar surface area (TPSA) is 84.6 Å². The van der Waals surface area contributed by atoms with Gasteiger partial charge in [-0.15, -0.1) is 24.0 Å². The maximum absolute atomic E-state index is 12.6. The van der Waals surface area contributed by atoms with Crippen molar-refractivity contribution in [2.45, 2.75) is 52.8 Å². The van der Waals surface area contributed by atoms with Crippen molar-refractivity contribution in [3.05, 3.63) is 41.0 Å². The first-order valence-corrected chi connectivity index (χ1v) is 8.51. The molecule has 0 saturated heterocycles. The van der Waals surface area contributed by atoms with Crippen LogP contribution in [0, 0.1) is 6.92 Å². The Balaban J connectivity index is 0.00000392. The van der Waals surface area contributed by atoms with Crippen LogP contribution in [0.4, 0.5) is 8.78 Å². The third kappa shape index (κ3) is 7.21. The molecule has 0 aliphatic heterocycles. The number of nitrogens with one attached hydrogen (secondary N) is 2. The van der Waals surface area contributed by atoms with Crippen LogP contribution in [0.25, 0.3) is 0 Å². The molecule has 0 aliphatic carbocycles. The summed E-state index contributed by atoms with van der Waals surface area (Å²) < 4.78 is 34.9. The molecule has 0 radical (unpaired) electrons. The summed E-state index contributed by atoms with van der Waals surface area (Å²) in [6.45, 7) is 5.54. The van der Waals surface area contributed by atoms with Crippen LogP contribution >= 0.6 is 24.0 Å². The number of hydrogen-bond donors (Lipinski definition) is 2. The van der Waals surface area contributed by atoms with Gasteiger partial charge in [0, 0.05) is 24.6 Å². The smallest absolute Gasteiger partial charge is 0.387 e. The molecule has 10 heteroatoms. The lowest BCUT2D eigenvalue weighted by molar-refractivity contribution is -0.0504. The molecule has 2 N–H and O–H groups in total. The van der Waals surface area contributed by atoms with Gasteiger partial charge < -0.3 is 19.9 Å². The molecular weight excluding hydrogens is 483 g/mol. The van der Waals surface area contributed by atoms with Crippen molar-refractivity contribution in [3.8, 4) is 5.75 Å². The quantitative estimate of drug-likeness (QED) is 0.351. The standard InChI is InChI=1S/C18H25F2N5O2.HI/c1-11-6-7-13(26-16(19)20)12(8-11)9-22-17(21-5)23-10-14-24-15(27-25-14)18(2,3)4;/h6-8,16H,9-10H2,1-5H3,(H2,21,22,23);1H. The Morgan fingerprint density at radius 1 is 1.25 bits per heavy atom. The Morgan fingerprint density at radius 3 is 2.50 bits per heavy atom. The van der Waals surface area contributed by atoms with E-state index in [4.69, 9.17) is 4.52 Å². The van der Waals surface area contributed by atoms with Crippen molar-refractivity contribution >= 4 is 29.9 Å². The number of nitrogens with zero attached hydrogens (tertiary/aromatic N) is 3. The molecule has 0 fully saturated rings. The van der Waals surface area contributed by atoms with Crippen molar-refractivity contribution in [1.82, 2.24) is 20.8 Å². The van der Waals surface area contributed by atoms with Gasteiger partial charge in [-0.25, -0.2) is 0 Å². The van der Waals surface area contributed by atoms with E-state index < -0.39 is 6.61 Å². The zero-order chi connectivity index (χ0) is 20.0. The van der Waals surface area contributed by atoms with Crippen LogP contribution in [0.3, 0.4) is 0 Å². The summed E-state index contributed by atoms with van der Waals surface area (Å²) in [5.41, 5.74) is 1.32. The van der Waals surface area contributed by atoms with Crippen LogP contribution in [0.2, 0.25) is 0 Å². The summed E-state index contributed by atoms with van der Waals surface area (Å²) in [6, 6.07) is 5.03. The lowest BCUT2D eigenvalue weighted by Crippen LogP contribution is -2.36. The minimum absolute atomic E-state index is 0. The van der Waals surface area contributed by atoms with Crippen molar-refractivity contribution in [2.24, 2.45) is 4.99 Å². The van der Waals surface area contributed by atoms with E-state index in [2.05, 4.69) is 30.5 Å². The number of aromatic nitrogens is 2. The number of alkyl halides is 2. The first-order chi connectivity index (χ1) is 12.7. The van der Waals surface area contributed by atoms with Crippen molar-refractivity contribution in [1.29, 1.82) is 0 Å². The molecule has 2 aromatic rings. The SMILES string of the molecule is CN=C(NCc1noc(C(C)(C)C)n1)NCc1cc(C)ccc1OC(F)F.I. The maximum atomic E-state index is 12.6. The second-order valence-corrected chi connectivity index (χ2v) is 7.03. The molecule has 0 bridgehead atoms. The lowest BCUT2D eigenvalue weighted by atomic mass is 9.97. The Labute approximate surface area is 180 Å². The molecule has 156 valence electrons. The molecule has 2 rings (SSSR count). The largest absolute Gasteiger partial charge is 0.434 e. The van der Waals surface area contributed by atoms with Gasteiger partial charge in [-0.2, -0.15) is 13.8 Å². The first-order valence-electron chi connectivity index (χ1n) is 8.51. The monoisotopic (exact) mass is 509 g/mol.